The first-order chi connectivity index (χ1) is 12.4. The Labute approximate surface area is 165 Å². The van der Waals surface area contributed by atoms with Crippen LogP contribution in [0.5, 0.6) is 0 Å². The summed E-state index contributed by atoms with van der Waals surface area (Å²) >= 11 is 5.95. The zero-order valence-electron chi connectivity index (χ0n) is 16.2. The summed E-state index contributed by atoms with van der Waals surface area (Å²) in [6.45, 7) is 7.01. The number of halogens is 1. The molecule has 0 atom stereocenters. The van der Waals surface area contributed by atoms with Crippen LogP contribution < -0.4 is 0 Å². The van der Waals surface area contributed by atoms with E-state index in [9.17, 15) is 18.0 Å². The van der Waals surface area contributed by atoms with Gasteiger partial charge in [0.2, 0.25) is 0 Å². The number of carbonyl (C=O) groups excluding carboxylic acids is 2. The summed E-state index contributed by atoms with van der Waals surface area (Å²) < 4.78 is 30.4. The first-order valence-corrected chi connectivity index (χ1v) is 10.1. The highest BCUT2D eigenvalue weighted by atomic mass is 35.5. The van der Waals surface area contributed by atoms with E-state index in [1.54, 1.807) is 4.90 Å². The predicted octanol–water partition coefficient (Wildman–Crippen LogP) is 2.32. The van der Waals surface area contributed by atoms with Crippen molar-refractivity contribution in [1.29, 1.82) is 0 Å². The van der Waals surface area contributed by atoms with Crippen LogP contribution in [-0.2, 0) is 24.4 Å². The molecule has 0 aliphatic rings. The van der Waals surface area contributed by atoms with Crippen molar-refractivity contribution in [3.63, 3.8) is 0 Å². The number of ether oxygens (including phenoxy) is 1. The van der Waals surface area contributed by atoms with Crippen LogP contribution >= 0.6 is 11.6 Å². The van der Waals surface area contributed by atoms with Gasteiger partial charge in [-0.3, -0.25) is 9.63 Å². The second-order valence-corrected chi connectivity index (χ2v) is 8.62. The van der Waals surface area contributed by atoms with E-state index in [0.717, 1.165) is 6.07 Å². The first-order valence-electron chi connectivity index (χ1n) is 8.24. The summed E-state index contributed by atoms with van der Waals surface area (Å²) in [5.74, 6) is -1.17. The molecule has 0 bridgehead atoms. The van der Waals surface area contributed by atoms with E-state index in [2.05, 4.69) is 0 Å². The highest BCUT2D eigenvalue weighted by Gasteiger charge is 2.26. The van der Waals surface area contributed by atoms with E-state index in [-0.39, 0.29) is 33.5 Å². The Morgan fingerprint density at radius 3 is 2.19 bits per heavy atom. The van der Waals surface area contributed by atoms with Gasteiger partial charge in [0.25, 0.3) is 15.9 Å². The molecule has 1 aromatic carbocycles. The number of hydrogen-bond donors (Lipinski definition) is 0. The lowest BCUT2D eigenvalue weighted by molar-refractivity contribution is -0.138. The van der Waals surface area contributed by atoms with Gasteiger partial charge < -0.3 is 9.64 Å². The van der Waals surface area contributed by atoms with Crippen molar-refractivity contribution in [2.45, 2.75) is 44.7 Å². The standard InChI is InChI=1S/C17H25ClN2O6S/c1-11(2)20(12(3)4)16(21)10-26-17(22)13-7-8-14(18)15(9-13)27(23,24)19(5)25-6/h7-9,11-12H,10H2,1-6H3. The maximum atomic E-state index is 12.4. The third-order valence-electron chi connectivity index (χ3n) is 3.77. The fourth-order valence-electron chi connectivity index (χ4n) is 2.52. The van der Waals surface area contributed by atoms with Gasteiger partial charge in [-0.25, -0.2) is 13.2 Å². The summed E-state index contributed by atoms with van der Waals surface area (Å²) in [6, 6.07) is 3.58. The predicted molar refractivity (Wildman–Crippen MR) is 101 cm³/mol. The van der Waals surface area contributed by atoms with E-state index >= 15 is 0 Å². The van der Waals surface area contributed by atoms with Crippen LogP contribution in [0.1, 0.15) is 38.1 Å². The molecule has 1 rings (SSSR count). The zero-order valence-corrected chi connectivity index (χ0v) is 17.8. The third-order valence-corrected chi connectivity index (χ3v) is 5.93. The molecule has 1 amide bonds. The minimum atomic E-state index is -4.05. The van der Waals surface area contributed by atoms with Crippen LogP contribution in [0.15, 0.2) is 23.1 Å². The van der Waals surface area contributed by atoms with Crippen molar-refractivity contribution in [2.24, 2.45) is 0 Å². The summed E-state index contributed by atoms with van der Waals surface area (Å²) in [5, 5.41) is -0.0719. The molecule has 0 aliphatic carbocycles. The Bertz CT molecular complexity index is 787. The van der Waals surface area contributed by atoms with Gasteiger partial charge in [0, 0.05) is 19.1 Å². The molecule has 0 radical (unpaired) electrons. The lowest BCUT2D eigenvalue weighted by atomic mass is 10.2. The number of nitrogens with zero attached hydrogens (tertiary/aromatic N) is 2. The molecule has 152 valence electrons. The van der Waals surface area contributed by atoms with Crippen LogP contribution in [0.2, 0.25) is 5.02 Å². The second-order valence-electron chi connectivity index (χ2n) is 6.31. The zero-order chi connectivity index (χ0) is 20.9. The molecule has 0 saturated carbocycles. The van der Waals surface area contributed by atoms with Crippen molar-refractivity contribution >= 4 is 33.5 Å². The van der Waals surface area contributed by atoms with E-state index in [1.165, 1.54) is 26.3 Å². The van der Waals surface area contributed by atoms with Crippen LogP contribution in [0.3, 0.4) is 0 Å². The molecule has 0 unspecified atom stereocenters. The van der Waals surface area contributed by atoms with Gasteiger partial charge in [0.05, 0.1) is 17.7 Å². The van der Waals surface area contributed by atoms with E-state index in [1.807, 2.05) is 27.7 Å². The van der Waals surface area contributed by atoms with Gasteiger partial charge in [-0.2, -0.15) is 0 Å². The van der Waals surface area contributed by atoms with E-state index in [0.29, 0.717) is 4.47 Å². The van der Waals surface area contributed by atoms with E-state index < -0.39 is 22.6 Å². The van der Waals surface area contributed by atoms with E-state index in [4.69, 9.17) is 21.2 Å². The number of hydroxylamine groups is 1. The Kier molecular flexibility index (Phi) is 8.22. The largest absolute Gasteiger partial charge is 0.452 e. The summed E-state index contributed by atoms with van der Waals surface area (Å²) in [7, 11) is -1.67. The quantitative estimate of drug-likeness (QED) is 0.473. The van der Waals surface area contributed by atoms with Gasteiger partial charge in [-0.15, -0.1) is 0 Å². The minimum Gasteiger partial charge on any atom is -0.452 e. The third kappa shape index (κ3) is 5.65. The van der Waals surface area contributed by atoms with Crippen molar-refractivity contribution in [2.75, 3.05) is 20.8 Å². The molecule has 1 aromatic rings. The molecular formula is C17H25ClN2O6S. The van der Waals surface area contributed by atoms with Crippen LogP contribution in [-0.4, -0.2) is 62.5 Å². The summed E-state index contributed by atoms with van der Waals surface area (Å²) in [6.07, 6.45) is 0. The number of amides is 1. The lowest BCUT2D eigenvalue weighted by Crippen LogP contribution is -2.44. The van der Waals surface area contributed by atoms with Gasteiger partial charge >= 0.3 is 5.97 Å². The Hall–Kier alpha value is -1.68. The van der Waals surface area contributed by atoms with Crippen LogP contribution in [0, 0.1) is 0 Å². The van der Waals surface area contributed by atoms with Gasteiger partial charge in [0.15, 0.2) is 6.61 Å². The molecule has 27 heavy (non-hydrogen) atoms. The molecule has 0 aromatic heterocycles. The van der Waals surface area contributed by atoms with Crippen LogP contribution in [0.25, 0.3) is 0 Å². The highest BCUT2D eigenvalue weighted by Crippen LogP contribution is 2.25. The number of hydrogen-bond acceptors (Lipinski definition) is 6. The summed E-state index contributed by atoms with van der Waals surface area (Å²) in [4.78, 5) is 30.5. The minimum absolute atomic E-state index is 0.0454. The molecule has 0 saturated heterocycles. The van der Waals surface area contributed by atoms with Gasteiger partial charge in [-0.05, 0) is 45.9 Å². The molecule has 0 N–H and O–H groups in total. The molecule has 0 heterocycles. The lowest BCUT2D eigenvalue weighted by Gasteiger charge is -2.30. The maximum absolute atomic E-state index is 12.4. The smallest absolute Gasteiger partial charge is 0.338 e. The maximum Gasteiger partial charge on any atom is 0.338 e. The number of rotatable bonds is 8. The first kappa shape index (κ1) is 23.4. The number of benzene rings is 1. The number of sulfonamides is 1. The molecule has 8 nitrogen and oxygen atoms in total. The second kappa shape index (κ2) is 9.50. The molecule has 0 spiro atoms. The number of esters is 1. The Morgan fingerprint density at radius 2 is 1.70 bits per heavy atom. The molecule has 10 heteroatoms. The van der Waals surface area contributed by atoms with Gasteiger partial charge in [0.1, 0.15) is 4.90 Å². The highest BCUT2D eigenvalue weighted by molar-refractivity contribution is 7.89. The SMILES string of the molecule is CON(C)S(=O)(=O)c1cc(C(=O)OCC(=O)N(C(C)C)C(C)C)ccc1Cl. The Balaban J connectivity index is 3.00. The fourth-order valence-corrected chi connectivity index (χ4v) is 4.00. The average molecular weight is 421 g/mol. The normalized spacial score (nSPS) is 11.9. The molecule has 0 fully saturated rings. The van der Waals surface area contributed by atoms with Crippen molar-refractivity contribution < 1.29 is 27.6 Å². The number of carbonyl (C=O) groups is 2. The van der Waals surface area contributed by atoms with Gasteiger partial charge in [-0.1, -0.05) is 16.1 Å². The monoisotopic (exact) mass is 420 g/mol. The molecular weight excluding hydrogens is 396 g/mol. The molecule has 0 aliphatic heterocycles. The van der Waals surface area contributed by atoms with Crippen molar-refractivity contribution in [1.82, 2.24) is 9.37 Å². The van der Waals surface area contributed by atoms with Crippen molar-refractivity contribution in [3.8, 4) is 0 Å². The van der Waals surface area contributed by atoms with Crippen molar-refractivity contribution in [3.05, 3.63) is 28.8 Å². The van der Waals surface area contributed by atoms with Crippen LogP contribution in [0.4, 0.5) is 0 Å². The summed E-state index contributed by atoms with van der Waals surface area (Å²) in [5.41, 5.74) is -0.0454. The fraction of sp³-hybridized carbons (Fsp3) is 0.529. The average Bonchev–Trinajstić information content (AvgIpc) is 2.58. The Morgan fingerprint density at radius 1 is 1.15 bits per heavy atom. The topological polar surface area (TPSA) is 93.2 Å².